The minimum Gasteiger partial charge on any atom is -0.334 e. The average molecular weight is 383 g/mol. The molecule has 0 unspecified atom stereocenters. The molecule has 1 amide bonds. The number of benzene rings is 3. The number of hydrogen-bond donors (Lipinski definition) is 2. The van der Waals surface area contributed by atoms with Gasteiger partial charge in [0, 0.05) is 21.9 Å². The van der Waals surface area contributed by atoms with Crippen molar-refractivity contribution in [3.05, 3.63) is 82.9 Å². The lowest BCUT2D eigenvalue weighted by Gasteiger charge is -2.33. The highest BCUT2D eigenvalue weighted by Gasteiger charge is 2.25. The van der Waals surface area contributed by atoms with Gasteiger partial charge in [-0.2, -0.15) is 0 Å². The van der Waals surface area contributed by atoms with Crippen LogP contribution < -0.4 is 10.4 Å². The highest BCUT2D eigenvalue weighted by molar-refractivity contribution is 7.99. The van der Waals surface area contributed by atoms with Crippen molar-refractivity contribution >= 4 is 40.6 Å². The zero-order chi connectivity index (χ0) is 18.1. The third kappa shape index (κ3) is 3.05. The van der Waals surface area contributed by atoms with E-state index in [1.807, 2.05) is 36.4 Å². The summed E-state index contributed by atoms with van der Waals surface area (Å²) in [5.41, 5.74) is 5.19. The second-order valence-electron chi connectivity index (χ2n) is 5.88. The zero-order valence-corrected chi connectivity index (χ0v) is 15.2. The van der Waals surface area contributed by atoms with Gasteiger partial charge in [-0.15, -0.1) is 0 Å². The summed E-state index contributed by atoms with van der Waals surface area (Å²) in [7, 11) is 0. The molecule has 4 rings (SSSR count). The van der Waals surface area contributed by atoms with Gasteiger partial charge in [0.2, 0.25) is 0 Å². The van der Waals surface area contributed by atoms with Gasteiger partial charge in [0.25, 0.3) is 5.91 Å². The molecular formula is C20H15ClN2O2S. The summed E-state index contributed by atoms with van der Waals surface area (Å²) in [4.78, 5) is 16.0. The summed E-state index contributed by atoms with van der Waals surface area (Å²) in [6.07, 6.45) is 0. The monoisotopic (exact) mass is 382 g/mol. The first-order valence-electron chi connectivity index (χ1n) is 8.03. The van der Waals surface area contributed by atoms with E-state index in [1.165, 1.54) is 4.90 Å². The van der Waals surface area contributed by atoms with Crippen LogP contribution in [0, 0.1) is 0 Å². The Balaban J connectivity index is 1.73. The van der Waals surface area contributed by atoms with Crippen LogP contribution in [0.3, 0.4) is 0 Å². The number of nitrogens with one attached hydrogen (secondary N) is 1. The van der Waals surface area contributed by atoms with Gasteiger partial charge in [0.1, 0.15) is 0 Å². The summed E-state index contributed by atoms with van der Waals surface area (Å²) < 4.78 is 0. The van der Waals surface area contributed by atoms with Crippen molar-refractivity contribution in [3.63, 3.8) is 0 Å². The van der Waals surface area contributed by atoms with E-state index in [0.717, 1.165) is 21.8 Å². The molecule has 0 saturated carbocycles. The number of carbonyl (C=O) groups excluding carboxylic acids is 1. The minimum absolute atomic E-state index is 0.407. The molecule has 0 bridgehead atoms. The number of para-hydroxylation sites is 2. The molecular weight excluding hydrogens is 368 g/mol. The maximum atomic E-state index is 11.5. The third-order valence-electron chi connectivity index (χ3n) is 4.25. The number of amides is 1. The molecule has 2 N–H and O–H groups in total. The first-order chi connectivity index (χ1) is 12.7. The lowest BCUT2D eigenvalue weighted by molar-refractivity contribution is 0.0706. The number of hydroxylamine groups is 1. The molecule has 1 aliphatic rings. The second kappa shape index (κ2) is 7.03. The summed E-state index contributed by atoms with van der Waals surface area (Å²) >= 11 is 8.23. The lowest BCUT2D eigenvalue weighted by atomic mass is 10.1. The molecule has 1 heterocycles. The first kappa shape index (κ1) is 17.0. The molecule has 0 radical (unpaired) electrons. The van der Waals surface area contributed by atoms with Crippen LogP contribution in [-0.4, -0.2) is 11.1 Å². The number of hydrogen-bond acceptors (Lipinski definition) is 4. The SMILES string of the molecule is O=C(NO)c1ccc(CN2c3ccccc3Sc3cccc(Cl)c32)cc1. The molecule has 0 fully saturated rings. The van der Waals surface area contributed by atoms with E-state index in [4.69, 9.17) is 16.8 Å². The fraction of sp³-hybridized carbons (Fsp3) is 0.0500. The zero-order valence-electron chi connectivity index (χ0n) is 13.6. The van der Waals surface area contributed by atoms with Crippen molar-refractivity contribution in [2.24, 2.45) is 0 Å². The van der Waals surface area contributed by atoms with Gasteiger partial charge < -0.3 is 4.90 Å². The number of carbonyl (C=O) groups is 1. The Hall–Kier alpha value is -2.47. The number of anilines is 2. The summed E-state index contributed by atoms with van der Waals surface area (Å²) in [5, 5.41) is 9.45. The van der Waals surface area contributed by atoms with Gasteiger partial charge in [0.05, 0.1) is 16.4 Å². The summed E-state index contributed by atoms with van der Waals surface area (Å²) in [6, 6.07) is 21.3. The van der Waals surface area contributed by atoms with Crippen molar-refractivity contribution < 1.29 is 10.0 Å². The van der Waals surface area contributed by atoms with Gasteiger partial charge in [-0.25, -0.2) is 5.48 Å². The predicted molar refractivity (Wildman–Crippen MR) is 104 cm³/mol. The maximum absolute atomic E-state index is 11.5. The molecule has 3 aromatic rings. The van der Waals surface area contributed by atoms with E-state index in [9.17, 15) is 4.79 Å². The molecule has 4 nitrogen and oxygen atoms in total. The van der Waals surface area contributed by atoms with E-state index in [2.05, 4.69) is 23.1 Å². The van der Waals surface area contributed by atoms with Gasteiger partial charge in [-0.3, -0.25) is 10.0 Å². The van der Waals surface area contributed by atoms with E-state index in [0.29, 0.717) is 17.1 Å². The summed E-state index contributed by atoms with van der Waals surface area (Å²) in [6.45, 7) is 0.620. The Morgan fingerprint density at radius 1 is 1.00 bits per heavy atom. The fourth-order valence-electron chi connectivity index (χ4n) is 3.02. The van der Waals surface area contributed by atoms with E-state index >= 15 is 0 Å². The van der Waals surface area contributed by atoms with Gasteiger partial charge in [-0.05, 0) is 42.0 Å². The maximum Gasteiger partial charge on any atom is 0.274 e. The molecule has 0 aromatic heterocycles. The van der Waals surface area contributed by atoms with Gasteiger partial charge >= 0.3 is 0 Å². The Bertz CT molecular complexity index is 976. The van der Waals surface area contributed by atoms with Crippen molar-refractivity contribution in [3.8, 4) is 0 Å². The Morgan fingerprint density at radius 3 is 2.50 bits per heavy atom. The van der Waals surface area contributed by atoms with Crippen molar-refractivity contribution in [2.75, 3.05) is 4.90 Å². The van der Waals surface area contributed by atoms with Crippen LogP contribution in [-0.2, 0) is 6.54 Å². The summed E-state index contributed by atoms with van der Waals surface area (Å²) in [5.74, 6) is -0.523. The van der Waals surface area contributed by atoms with Gasteiger partial charge in [0.15, 0.2) is 0 Å². The fourth-order valence-corrected chi connectivity index (χ4v) is 4.48. The number of nitrogens with zero attached hydrogens (tertiary/aromatic N) is 1. The number of halogens is 1. The van der Waals surface area contributed by atoms with E-state index < -0.39 is 5.91 Å². The smallest absolute Gasteiger partial charge is 0.274 e. The van der Waals surface area contributed by atoms with Crippen LogP contribution in [0.2, 0.25) is 5.02 Å². The molecule has 0 spiro atoms. The standard InChI is InChI=1S/C20H15ClN2O2S/c21-15-4-3-7-18-19(15)23(16-5-1-2-6-17(16)26-18)12-13-8-10-14(11-9-13)20(24)22-25/h1-11,25H,12H2,(H,22,24). The molecule has 3 aromatic carbocycles. The predicted octanol–water partition coefficient (Wildman–Crippen LogP) is 5.26. The Labute approximate surface area is 160 Å². The first-order valence-corrected chi connectivity index (χ1v) is 9.23. The molecule has 0 aliphatic carbocycles. The molecule has 130 valence electrons. The molecule has 1 aliphatic heterocycles. The van der Waals surface area contributed by atoms with Crippen LogP contribution in [0.5, 0.6) is 0 Å². The van der Waals surface area contributed by atoms with Crippen LogP contribution in [0.1, 0.15) is 15.9 Å². The Kier molecular flexibility index (Phi) is 4.59. The largest absolute Gasteiger partial charge is 0.334 e. The normalized spacial score (nSPS) is 12.3. The highest BCUT2D eigenvalue weighted by Crippen LogP contribution is 2.51. The second-order valence-corrected chi connectivity index (χ2v) is 7.37. The van der Waals surface area contributed by atoms with Crippen LogP contribution in [0.15, 0.2) is 76.5 Å². The topological polar surface area (TPSA) is 52.6 Å². The molecule has 0 saturated heterocycles. The van der Waals surface area contributed by atoms with Crippen molar-refractivity contribution in [2.45, 2.75) is 16.3 Å². The van der Waals surface area contributed by atoms with Gasteiger partial charge in [-0.1, -0.05) is 53.7 Å². The molecule has 26 heavy (non-hydrogen) atoms. The van der Waals surface area contributed by atoms with Crippen LogP contribution in [0.25, 0.3) is 0 Å². The lowest BCUT2D eigenvalue weighted by Crippen LogP contribution is -2.21. The van der Waals surface area contributed by atoms with E-state index in [1.54, 1.807) is 29.4 Å². The quantitative estimate of drug-likeness (QED) is 0.479. The molecule has 0 atom stereocenters. The van der Waals surface area contributed by atoms with Crippen LogP contribution in [0.4, 0.5) is 11.4 Å². The van der Waals surface area contributed by atoms with Crippen LogP contribution >= 0.6 is 23.4 Å². The van der Waals surface area contributed by atoms with Crippen molar-refractivity contribution in [1.29, 1.82) is 0 Å². The third-order valence-corrected chi connectivity index (χ3v) is 5.67. The van der Waals surface area contributed by atoms with Crippen molar-refractivity contribution in [1.82, 2.24) is 5.48 Å². The minimum atomic E-state index is -0.523. The highest BCUT2D eigenvalue weighted by atomic mass is 35.5. The average Bonchev–Trinajstić information content (AvgIpc) is 2.68. The van der Waals surface area contributed by atoms with E-state index in [-0.39, 0.29) is 0 Å². The number of fused-ring (bicyclic) bond motifs is 2. The Morgan fingerprint density at radius 2 is 1.73 bits per heavy atom. The molecule has 6 heteroatoms. The number of rotatable bonds is 3.